The normalized spacial score (nSPS) is 17.3. The van der Waals surface area contributed by atoms with Gasteiger partial charge in [-0.25, -0.2) is 4.79 Å². The Balaban J connectivity index is 1.66. The summed E-state index contributed by atoms with van der Waals surface area (Å²) in [4.78, 5) is 298. The van der Waals surface area contributed by atoms with Crippen LogP contribution in [0, 0.1) is 29.1 Å². The number of benzene rings is 1. The second-order valence-electron chi connectivity index (χ2n) is 34.5. The maximum atomic E-state index is 14.6. The summed E-state index contributed by atoms with van der Waals surface area (Å²) >= 11 is 0. The Morgan fingerprint density at radius 3 is 1.35 bits per heavy atom. The molecular formula is C86H140N24O26. The van der Waals surface area contributed by atoms with Gasteiger partial charge in [0.2, 0.25) is 118 Å². The van der Waals surface area contributed by atoms with Gasteiger partial charge in [-0.15, -0.1) is 0 Å². The number of hydrogen-bond acceptors (Lipinski definition) is 26. The molecule has 2 aliphatic heterocycles. The molecule has 0 aliphatic carbocycles. The zero-order valence-corrected chi connectivity index (χ0v) is 79.0. The van der Waals surface area contributed by atoms with Crippen LogP contribution >= 0.6 is 0 Å². The molecule has 20 amide bonds. The number of nitrogens with one attached hydrogen (secondary N) is 18. The summed E-state index contributed by atoms with van der Waals surface area (Å²) in [6.45, 7) is 15.1. The molecule has 0 aromatic heterocycles. The minimum Gasteiger partial charge on any atom is -0.481 e. The number of guanidine groups is 1. The van der Waals surface area contributed by atoms with Crippen molar-refractivity contribution in [3.05, 3.63) is 35.9 Å². The Hall–Kier alpha value is -13.3. The third kappa shape index (κ3) is 40.5. The number of carbonyl (C=O) groups excluding carboxylic acids is 20. The van der Waals surface area contributed by atoms with E-state index in [1.165, 1.54) is 18.7 Å². The summed E-state index contributed by atoms with van der Waals surface area (Å²) in [6.07, 6.45) is -4.63. The van der Waals surface area contributed by atoms with Crippen molar-refractivity contribution in [2.45, 2.75) is 295 Å². The standard InChI is InChI=1S/C86H140N24O26/c1-13-43(6)66(106-76(126)56(36-42(4)5)103-80(130)67(44(7)14-2)107-75(125)53(29-32-65(119)120)99-78(128)58-26-21-34-109(58)83(133)54(28-31-60(89)114)101-72(122)47(10)98-73(123)51(87)37-50-22-17-16-18-23-50)79(129)96-41-64(118)105-70(49(12)112)82(132)108-68(45(8)15-3)84(134)110-35-20-25-57(110)77(127)95-40-62(116)97-46(9)71(121)94-38-61(115)93-39-63(117)104-69(48(11)111)81(131)100-52(27-30-59(88)113)74(124)102-55(85(135)136)24-19-33-92-86(90)91/h16-18,22-23,42-49,51-58,66-70,111-112H,13-15,19-21,24-41,87H2,1-12H3,(H2,88,113)(H2,89,114)(H,93,115)(H,94,121)(H,95,127)(H,96,129)(H,97,116)(H,98,123)(H,99,128)(H,100,131)(H,101,122)(H,102,124)(H,103,130)(H,104,117)(H,105,118)(H,106,126)(H,107,125)(H,108,132)(H,119,120)(H,135,136)(H4,90,91,92)/t43-,44-,45-,46-,47-,48+,49+,51-,52-,53-,54-,55-,56-,57-,58-,66-,67-,68-,69-,70-/m0/s1. The molecule has 760 valence electrons. The van der Waals surface area contributed by atoms with Gasteiger partial charge in [-0.05, 0) is 128 Å². The number of amides is 20. The number of likely N-dealkylation sites (tertiary alicyclic amines) is 2. The van der Waals surface area contributed by atoms with E-state index in [9.17, 15) is 126 Å². The lowest BCUT2D eigenvalue weighted by molar-refractivity contribution is -0.143. The average molecular weight is 1930 g/mol. The molecule has 2 aliphatic rings. The summed E-state index contributed by atoms with van der Waals surface area (Å²) in [5.74, 6) is -23.9. The fourth-order valence-corrected chi connectivity index (χ4v) is 14.4. The number of aliphatic hydroxyl groups excluding tert-OH is 2. The third-order valence-electron chi connectivity index (χ3n) is 22.9. The zero-order valence-electron chi connectivity index (χ0n) is 79.0. The molecule has 0 bridgehead atoms. The highest BCUT2D eigenvalue weighted by atomic mass is 16.4. The van der Waals surface area contributed by atoms with E-state index in [2.05, 4.69) is 90.4 Å². The first-order chi connectivity index (χ1) is 63.9. The van der Waals surface area contributed by atoms with E-state index in [1.54, 1.807) is 85.7 Å². The van der Waals surface area contributed by atoms with Gasteiger partial charge in [-0.3, -0.25) is 106 Å². The molecule has 0 saturated carbocycles. The number of carboxylic acid groups (broad SMARTS) is 2. The second-order valence-corrected chi connectivity index (χ2v) is 34.5. The quantitative estimate of drug-likeness (QED) is 0.0164. The van der Waals surface area contributed by atoms with Crippen molar-refractivity contribution in [3.8, 4) is 0 Å². The molecule has 20 atom stereocenters. The van der Waals surface area contributed by atoms with Crippen molar-refractivity contribution in [2.24, 2.45) is 46.6 Å². The predicted octanol–water partition coefficient (Wildman–Crippen LogP) is -8.45. The lowest BCUT2D eigenvalue weighted by Crippen LogP contribution is -2.61. The highest BCUT2D eigenvalue weighted by Gasteiger charge is 2.45. The van der Waals surface area contributed by atoms with E-state index in [4.69, 9.17) is 28.3 Å². The second kappa shape index (κ2) is 58.8. The first-order valence-electron chi connectivity index (χ1n) is 45.4. The molecule has 1 aromatic rings. The van der Waals surface area contributed by atoms with Crippen molar-refractivity contribution in [1.29, 1.82) is 5.41 Å². The van der Waals surface area contributed by atoms with Crippen molar-refractivity contribution >= 4 is 136 Å². The van der Waals surface area contributed by atoms with Crippen LogP contribution in [0.1, 0.15) is 191 Å². The maximum absolute atomic E-state index is 14.6. The molecule has 2 saturated heterocycles. The molecule has 30 N–H and O–H groups in total. The van der Waals surface area contributed by atoms with Gasteiger partial charge < -0.3 is 144 Å². The molecule has 2 fully saturated rings. The molecule has 50 nitrogen and oxygen atoms in total. The number of hydrogen-bond donors (Lipinski definition) is 26. The lowest BCUT2D eigenvalue weighted by Gasteiger charge is -2.32. The molecule has 0 unspecified atom stereocenters. The van der Waals surface area contributed by atoms with Crippen LogP contribution in [0.2, 0.25) is 0 Å². The van der Waals surface area contributed by atoms with Gasteiger partial charge in [-0.1, -0.05) is 105 Å². The Bertz CT molecular complexity index is 4350. The number of primary amides is 2. The monoisotopic (exact) mass is 1930 g/mol. The van der Waals surface area contributed by atoms with E-state index in [0.717, 1.165) is 24.3 Å². The van der Waals surface area contributed by atoms with Crippen LogP contribution in [0.15, 0.2) is 30.3 Å². The molecule has 1 aromatic carbocycles. The van der Waals surface area contributed by atoms with E-state index >= 15 is 0 Å². The molecular weight excluding hydrogens is 1790 g/mol. The Morgan fingerprint density at radius 2 is 0.824 bits per heavy atom. The summed E-state index contributed by atoms with van der Waals surface area (Å²) in [6, 6.07) is -12.7. The molecule has 3 rings (SSSR count). The van der Waals surface area contributed by atoms with E-state index < -0.39 is 309 Å². The predicted molar refractivity (Wildman–Crippen MR) is 486 cm³/mol. The van der Waals surface area contributed by atoms with Crippen molar-refractivity contribution in [3.63, 3.8) is 0 Å². The van der Waals surface area contributed by atoms with Crippen molar-refractivity contribution in [2.75, 3.05) is 45.8 Å². The van der Waals surface area contributed by atoms with Crippen LogP contribution in [0.3, 0.4) is 0 Å². The van der Waals surface area contributed by atoms with Crippen LogP contribution in [-0.2, 0) is 112 Å². The number of rotatable bonds is 60. The van der Waals surface area contributed by atoms with Gasteiger partial charge >= 0.3 is 11.9 Å². The fourth-order valence-electron chi connectivity index (χ4n) is 14.4. The average Bonchev–Trinajstić information content (AvgIpc) is 1.67. The van der Waals surface area contributed by atoms with Gasteiger partial charge in [0.05, 0.1) is 44.4 Å². The Labute approximate surface area is 787 Å². The number of aliphatic hydroxyl groups is 2. The topological polar surface area (TPSA) is 795 Å². The first-order valence-corrected chi connectivity index (χ1v) is 45.4. The van der Waals surface area contributed by atoms with Crippen LogP contribution in [-0.4, -0.2) is 315 Å². The van der Waals surface area contributed by atoms with Crippen LogP contribution < -0.4 is 113 Å². The largest absolute Gasteiger partial charge is 0.481 e. The number of nitrogens with zero attached hydrogens (tertiary/aromatic N) is 2. The highest BCUT2D eigenvalue weighted by Crippen LogP contribution is 2.25. The van der Waals surface area contributed by atoms with Crippen LogP contribution in [0.25, 0.3) is 0 Å². The summed E-state index contributed by atoms with van der Waals surface area (Å²) in [7, 11) is 0. The van der Waals surface area contributed by atoms with E-state index in [-0.39, 0.29) is 109 Å². The fraction of sp³-hybridized carbons (Fsp3) is 0.663. The molecule has 0 spiro atoms. The van der Waals surface area contributed by atoms with E-state index in [1.807, 2.05) is 0 Å². The minimum atomic E-state index is -1.79. The number of carboxylic acids is 2. The third-order valence-corrected chi connectivity index (χ3v) is 22.9. The molecule has 136 heavy (non-hydrogen) atoms. The molecule has 2 heterocycles. The number of aliphatic carboxylic acids is 2. The maximum Gasteiger partial charge on any atom is 0.326 e. The van der Waals surface area contributed by atoms with Gasteiger partial charge in [0, 0.05) is 38.9 Å². The van der Waals surface area contributed by atoms with Crippen LogP contribution in [0.5, 0.6) is 0 Å². The SMILES string of the molecule is CC[C@H](C)[C@H](NC(=O)[C@H](CC(C)C)NC(=O)[C@@H](NC(=O)[C@H](CCC(=O)O)NC(=O)[C@@H]1CCCN1C(=O)[C@H](CCC(N)=O)NC(=O)[C@H](C)NC(=O)[C@@H](N)Cc1ccccc1)[C@@H](C)CC)C(=O)NCC(=O)N[C@H](C(=O)N[C@H](C(=O)N1CCC[C@H]1C(=O)NCC(=O)N[C@@H](C)C(=O)NCC(=O)NCC(=O)N[C@H](C(=O)N[C@@H](CCC(N)=O)C(=O)N[C@@H](CCCNC(=N)N)C(=O)O)[C@@H](C)O)[C@@H](C)CC)[C@@H](C)O. The molecule has 50 heteroatoms. The molecule has 0 radical (unpaired) electrons. The Kier molecular flexibility index (Phi) is 50.5. The number of nitrogens with two attached hydrogens (primary N) is 4. The van der Waals surface area contributed by atoms with E-state index in [0.29, 0.717) is 0 Å². The summed E-state index contributed by atoms with van der Waals surface area (Å²) < 4.78 is 0. The zero-order chi connectivity index (χ0) is 103. The van der Waals surface area contributed by atoms with Gasteiger partial charge in [0.15, 0.2) is 5.96 Å². The Morgan fingerprint density at radius 1 is 0.404 bits per heavy atom. The minimum absolute atomic E-state index is 0.00523. The number of carbonyl (C=O) groups is 22. The van der Waals surface area contributed by atoms with Gasteiger partial charge in [0.25, 0.3) is 0 Å². The van der Waals surface area contributed by atoms with Crippen molar-refractivity contribution in [1.82, 2.24) is 100 Å². The lowest BCUT2D eigenvalue weighted by atomic mass is 9.95. The highest BCUT2D eigenvalue weighted by molar-refractivity contribution is 6.02. The van der Waals surface area contributed by atoms with Gasteiger partial charge in [-0.2, -0.15) is 0 Å². The van der Waals surface area contributed by atoms with Gasteiger partial charge in [0.1, 0.15) is 84.6 Å². The summed E-state index contributed by atoms with van der Waals surface area (Å²) in [5.41, 5.74) is 22.8. The first kappa shape index (κ1) is 117. The smallest absolute Gasteiger partial charge is 0.326 e. The summed E-state index contributed by atoms with van der Waals surface area (Å²) in [5, 5.41) is 89.3. The van der Waals surface area contributed by atoms with Crippen LogP contribution in [0.4, 0.5) is 0 Å². The van der Waals surface area contributed by atoms with Crippen molar-refractivity contribution < 1.29 is 126 Å².